The van der Waals surface area contributed by atoms with Gasteiger partial charge in [-0.25, -0.2) is 4.98 Å². The van der Waals surface area contributed by atoms with E-state index in [0.717, 1.165) is 35.3 Å². The van der Waals surface area contributed by atoms with Crippen molar-refractivity contribution in [1.29, 1.82) is 0 Å². The number of para-hydroxylation sites is 2. The fourth-order valence-corrected chi connectivity index (χ4v) is 4.53. The summed E-state index contributed by atoms with van der Waals surface area (Å²) in [5.41, 5.74) is 2.96. The van der Waals surface area contributed by atoms with Gasteiger partial charge in [-0.15, -0.1) is 0 Å². The predicted octanol–water partition coefficient (Wildman–Crippen LogP) is 4.44. The van der Waals surface area contributed by atoms with Crippen LogP contribution >= 0.6 is 0 Å². The third-order valence-corrected chi connectivity index (χ3v) is 6.35. The molecule has 1 saturated carbocycles. The molecule has 2 aromatic carbocycles. The standard InChI is InChI=1S/C25H31N3O3/c1-27(19-9-5-4-6-10-19)25(29)17-28-21-12-8-7-11-20(21)26-24(28)16-18-13-14-22(30-2)23(15-18)31-3/h7-8,11-15,19H,4-6,9-10,16-17H2,1-3H3. The largest absolute Gasteiger partial charge is 0.493 e. The molecule has 1 aromatic heterocycles. The van der Waals surface area contributed by atoms with Crippen molar-refractivity contribution in [1.82, 2.24) is 14.5 Å². The summed E-state index contributed by atoms with van der Waals surface area (Å²) in [5, 5.41) is 0. The first-order chi connectivity index (χ1) is 15.1. The molecule has 0 spiro atoms. The van der Waals surface area contributed by atoms with Crippen LogP contribution in [0.3, 0.4) is 0 Å². The van der Waals surface area contributed by atoms with Gasteiger partial charge in [0.2, 0.25) is 5.91 Å². The van der Waals surface area contributed by atoms with Crippen LogP contribution in [0.4, 0.5) is 0 Å². The van der Waals surface area contributed by atoms with Crippen molar-refractivity contribution in [3.8, 4) is 11.5 Å². The molecule has 0 radical (unpaired) electrons. The zero-order valence-electron chi connectivity index (χ0n) is 18.6. The van der Waals surface area contributed by atoms with Crippen molar-refractivity contribution >= 4 is 16.9 Å². The lowest BCUT2D eigenvalue weighted by atomic mass is 9.94. The Morgan fingerprint density at radius 3 is 2.55 bits per heavy atom. The Hall–Kier alpha value is -3.02. The molecule has 0 unspecified atom stereocenters. The van der Waals surface area contributed by atoms with Crippen LogP contribution in [0.2, 0.25) is 0 Å². The number of hydrogen-bond acceptors (Lipinski definition) is 4. The molecule has 1 aliphatic rings. The summed E-state index contributed by atoms with van der Waals surface area (Å²) in [6.45, 7) is 0.302. The van der Waals surface area contributed by atoms with E-state index < -0.39 is 0 Å². The number of amides is 1. The zero-order chi connectivity index (χ0) is 21.8. The maximum Gasteiger partial charge on any atom is 0.242 e. The molecule has 0 N–H and O–H groups in total. The molecule has 6 heteroatoms. The summed E-state index contributed by atoms with van der Waals surface area (Å²) in [4.78, 5) is 20.0. The number of nitrogens with zero attached hydrogens (tertiary/aromatic N) is 3. The van der Waals surface area contributed by atoms with Crippen LogP contribution < -0.4 is 9.47 Å². The highest BCUT2D eigenvalue weighted by atomic mass is 16.5. The molecule has 1 fully saturated rings. The first-order valence-electron chi connectivity index (χ1n) is 11.0. The van der Waals surface area contributed by atoms with E-state index in [1.165, 1.54) is 19.3 Å². The van der Waals surface area contributed by atoms with Gasteiger partial charge in [-0.2, -0.15) is 0 Å². The summed E-state index contributed by atoms with van der Waals surface area (Å²) >= 11 is 0. The lowest BCUT2D eigenvalue weighted by Crippen LogP contribution is -2.40. The molecule has 31 heavy (non-hydrogen) atoms. The highest BCUT2D eigenvalue weighted by molar-refractivity contribution is 5.81. The second-order valence-electron chi connectivity index (χ2n) is 8.27. The molecule has 1 aliphatic carbocycles. The predicted molar refractivity (Wildman–Crippen MR) is 122 cm³/mol. The van der Waals surface area contributed by atoms with E-state index in [9.17, 15) is 4.79 Å². The van der Waals surface area contributed by atoms with E-state index in [4.69, 9.17) is 14.5 Å². The number of imidazole rings is 1. The van der Waals surface area contributed by atoms with Gasteiger partial charge in [-0.3, -0.25) is 4.79 Å². The Balaban J connectivity index is 1.62. The molecular weight excluding hydrogens is 390 g/mol. The minimum absolute atomic E-state index is 0.142. The number of carbonyl (C=O) groups excluding carboxylic acids is 1. The number of aromatic nitrogens is 2. The third-order valence-electron chi connectivity index (χ3n) is 6.35. The Morgan fingerprint density at radius 1 is 1.06 bits per heavy atom. The van der Waals surface area contributed by atoms with Crippen LogP contribution in [0.1, 0.15) is 43.5 Å². The van der Waals surface area contributed by atoms with E-state index in [2.05, 4.69) is 4.57 Å². The van der Waals surface area contributed by atoms with Gasteiger partial charge in [0.05, 0.1) is 25.3 Å². The molecule has 0 atom stereocenters. The lowest BCUT2D eigenvalue weighted by molar-refractivity contribution is -0.133. The molecule has 3 aromatic rings. The molecule has 0 saturated heterocycles. The summed E-state index contributed by atoms with van der Waals surface area (Å²) in [5.74, 6) is 2.40. The molecular formula is C25H31N3O3. The highest BCUT2D eigenvalue weighted by Crippen LogP contribution is 2.29. The van der Waals surface area contributed by atoms with Gasteiger partial charge in [-0.05, 0) is 42.7 Å². The Bertz CT molecular complexity index is 1050. The number of likely N-dealkylation sites (N-methyl/N-ethyl adjacent to an activating group) is 1. The minimum atomic E-state index is 0.142. The topological polar surface area (TPSA) is 56.6 Å². The molecule has 1 amide bonds. The van der Waals surface area contributed by atoms with Gasteiger partial charge in [0.25, 0.3) is 0 Å². The summed E-state index contributed by atoms with van der Waals surface area (Å²) < 4.78 is 12.9. The van der Waals surface area contributed by atoms with Crippen molar-refractivity contribution in [2.24, 2.45) is 0 Å². The van der Waals surface area contributed by atoms with Gasteiger partial charge >= 0.3 is 0 Å². The number of benzene rings is 2. The maximum absolute atomic E-state index is 13.2. The number of hydrogen-bond donors (Lipinski definition) is 0. The van der Waals surface area contributed by atoms with E-state index >= 15 is 0 Å². The van der Waals surface area contributed by atoms with Crippen molar-refractivity contribution < 1.29 is 14.3 Å². The highest BCUT2D eigenvalue weighted by Gasteiger charge is 2.23. The van der Waals surface area contributed by atoms with Crippen LogP contribution in [0.15, 0.2) is 42.5 Å². The van der Waals surface area contributed by atoms with Crippen LogP contribution in [0.5, 0.6) is 11.5 Å². The Kier molecular flexibility index (Phi) is 6.44. The van der Waals surface area contributed by atoms with E-state index in [0.29, 0.717) is 30.5 Å². The SMILES string of the molecule is COc1ccc(Cc2nc3ccccc3n2CC(=O)N(C)C2CCCCC2)cc1OC. The van der Waals surface area contributed by atoms with Crippen molar-refractivity contribution in [3.05, 3.63) is 53.9 Å². The van der Waals surface area contributed by atoms with Crippen LogP contribution in [0, 0.1) is 0 Å². The van der Waals surface area contributed by atoms with E-state index in [1.54, 1.807) is 14.2 Å². The second-order valence-corrected chi connectivity index (χ2v) is 8.27. The number of fused-ring (bicyclic) bond motifs is 1. The van der Waals surface area contributed by atoms with Crippen molar-refractivity contribution in [2.75, 3.05) is 21.3 Å². The van der Waals surface area contributed by atoms with Crippen molar-refractivity contribution in [3.63, 3.8) is 0 Å². The molecule has 6 nitrogen and oxygen atoms in total. The molecule has 0 bridgehead atoms. The van der Waals surface area contributed by atoms with Gasteiger partial charge in [0.1, 0.15) is 12.4 Å². The monoisotopic (exact) mass is 421 g/mol. The third kappa shape index (κ3) is 4.53. The Labute approximate surface area is 183 Å². The van der Waals surface area contributed by atoms with Gasteiger partial charge in [0.15, 0.2) is 11.5 Å². The average Bonchev–Trinajstić information content (AvgIpc) is 3.15. The summed E-state index contributed by atoms with van der Waals surface area (Å²) in [7, 11) is 5.22. The van der Waals surface area contributed by atoms with Crippen LogP contribution in [-0.4, -0.2) is 47.7 Å². The zero-order valence-corrected chi connectivity index (χ0v) is 18.6. The lowest BCUT2D eigenvalue weighted by Gasteiger charge is -2.31. The number of rotatable bonds is 7. The quantitative estimate of drug-likeness (QED) is 0.566. The normalized spacial score (nSPS) is 14.5. The Morgan fingerprint density at radius 2 is 1.81 bits per heavy atom. The first kappa shape index (κ1) is 21.2. The van der Waals surface area contributed by atoms with Crippen LogP contribution in [0.25, 0.3) is 11.0 Å². The summed E-state index contributed by atoms with van der Waals surface area (Å²) in [6, 6.07) is 14.3. The van der Waals surface area contributed by atoms with Crippen LogP contribution in [-0.2, 0) is 17.8 Å². The van der Waals surface area contributed by atoms with Gasteiger partial charge in [0, 0.05) is 19.5 Å². The molecule has 0 aliphatic heterocycles. The number of ether oxygens (including phenoxy) is 2. The minimum Gasteiger partial charge on any atom is -0.493 e. The fraction of sp³-hybridized carbons (Fsp3) is 0.440. The van der Waals surface area contributed by atoms with Gasteiger partial charge < -0.3 is 18.9 Å². The number of methoxy groups -OCH3 is 2. The number of carbonyl (C=O) groups is 1. The van der Waals surface area contributed by atoms with Crippen molar-refractivity contribution in [2.45, 2.75) is 51.1 Å². The second kappa shape index (κ2) is 9.41. The molecule has 164 valence electrons. The van der Waals surface area contributed by atoms with Gasteiger partial charge in [-0.1, -0.05) is 37.5 Å². The fourth-order valence-electron chi connectivity index (χ4n) is 4.53. The first-order valence-corrected chi connectivity index (χ1v) is 11.0. The molecule has 1 heterocycles. The van der Waals surface area contributed by atoms with E-state index in [-0.39, 0.29) is 5.91 Å². The summed E-state index contributed by atoms with van der Waals surface area (Å²) in [6.07, 6.45) is 6.51. The molecule has 4 rings (SSSR count). The maximum atomic E-state index is 13.2. The van der Waals surface area contributed by atoms with E-state index in [1.807, 2.05) is 54.4 Å². The average molecular weight is 422 g/mol. The smallest absolute Gasteiger partial charge is 0.242 e.